The van der Waals surface area contributed by atoms with Gasteiger partial charge in [-0.15, -0.1) is 0 Å². The van der Waals surface area contributed by atoms with Crippen molar-refractivity contribution in [1.82, 2.24) is 0 Å². The first-order chi connectivity index (χ1) is 6.86. The second kappa shape index (κ2) is 4.06. The van der Waals surface area contributed by atoms with Crippen LogP contribution in [-0.4, -0.2) is 13.3 Å². The van der Waals surface area contributed by atoms with Crippen LogP contribution in [0.3, 0.4) is 0 Å². The molecule has 2 nitrogen and oxygen atoms in total. The number of alkyl halides is 3. The minimum absolute atomic E-state index is 0.117. The summed E-state index contributed by atoms with van der Waals surface area (Å²) in [5.41, 5.74) is 4.57. The van der Waals surface area contributed by atoms with Crippen LogP contribution in [0.1, 0.15) is 11.6 Å². The summed E-state index contributed by atoms with van der Waals surface area (Å²) in [5.74, 6) is -0.983. The molecular weight excluding hydrogens is 214 g/mol. The Morgan fingerprint density at radius 1 is 1.33 bits per heavy atom. The minimum atomic E-state index is -4.58. The maximum Gasteiger partial charge on any atom is 0.407 e. The Morgan fingerprint density at radius 2 is 1.93 bits per heavy atom. The molecule has 1 rings (SSSR count). The quantitative estimate of drug-likeness (QED) is 0.781. The van der Waals surface area contributed by atoms with Crippen LogP contribution in [0.4, 0.5) is 17.6 Å². The summed E-state index contributed by atoms with van der Waals surface area (Å²) in [6, 6.07) is 0.728. The van der Waals surface area contributed by atoms with Crippen LogP contribution in [0.5, 0.6) is 5.75 Å². The van der Waals surface area contributed by atoms with Gasteiger partial charge in [-0.1, -0.05) is 6.07 Å². The average molecular weight is 223 g/mol. The maximum absolute atomic E-state index is 13.1. The zero-order chi connectivity index (χ0) is 11.6. The minimum Gasteiger partial charge on any atom is -0.494 e. The van der Waals surface area contributed by atoms with Crippen LogP contribution in [-0.2, 0) is 0 Å². The third kappa shape index (κ3) is 2.59. The highest BCUT2D eigenvalue weighted by Crippen LogP contribution is 2.32. The van der Waals surface area contributed by atoms with Crippen molar-refractivity contribution in [2.45, 2.75) is 12.2 Å². The highest BCUT2D eigenvalue weighted by Gasteiger charge is 2.38. The van der Waals surface area contributed by atoms with Gasteiger partial charge in [0.15, 0.2) is 11.6 Å². The summed E-state index contributed by atoms with van der Waals surface area (Å²) in [4.78, 5) is 0. The molecule has 0 heterocycles. The van der Waals surface area contributed by atoms with E-state index in [1.807, 2.05) is 0 Å². The smallest absolute Gasteiger partial charge is 0.407 e. The zero-order valence-corrected chi connectivity index (χ0v) is 7.81. The fraction of sp³-hybridized carbons (Fsp3) is 0.333. The Kier molecular flexibility index (Phi) is 3.18. The Bertz CT molecular complexity index is 350. The molecular formula is C9H9F4NO. The van der Waals surface area contributed by atoms with Crippen molar-refractivity contribution >= 4 is 0 Å². The Balaban J connectivity index is 3.02. The zero-order valence-electron chi connectivity index (χ0n) is 7.81. The molecule has 1 aromatic carbocycles. The highest BCUT2D eigenvalue weighted by atomic mass is 19.4. The van der Waals surface area contributed by atoms with Gasteiger partial charge >= 0.3 is 6.18 Å². The van der Waals surface area contributed by atoms with Crippen LogP contribution in [0.25, 0.3) is 0 Å². The molecule has 0 amide bonds. The lowest BCUT2D eigenvalue weighted by atomic mass is 10.1. The van der Waals surface area contributed by atoms with Gasteiger partial charge in [0.2, 0.25) is 0 Å². The van der Waals surface area contributed by atoms with E-state index in [1.165, 1.54) is 7.11 Å². The summed E-state index contributed by atoms with van der Waals surface area (Å²) in [6.45, 7) is 0. The van der Waals surface area contributed by atoms with E-state index < -0.39 is 18.0 Å². The molecule has 0 saturated heterocycles. The second-order valence-corrected chi connectivity index (χ2v) is 2.91. The summed E-state index contributed by atoms with van der Waals surface area (Å²) in [5, 5.41) is 0. The standard InChI is InChI=1S/C9H9F4NO/c1-15-7-3-2-5(4-6(7)10)8(14)9(11,12)13/h2-4,8H,14H2,1H3/t8-/m0/s1. The Hall–Kier alpha value is -1.30. The Labute approximate surface area is 83.6 Å². The van der Waals surface area contributed by atoms with Gasteiger partial charge in [-0.25, -0.2) is 4.39 Å². The normalized spacial score (nSPS) is 13.7. The van der Waals surface area contributed by atoms with Crippen molar-refractivity contribution in [2.75, 3.05) is 7.11 Å². The predicted molar refractivity (Wildman–Crippen MR) is 45.9 cm³/mol. The molecule has 0 fully saturated rings. The van der Waals surface area contributed by atoms with E-state index >= 15 is 0 Å². The van der Waals surface area contributed by atoms with Crippen molar-refractivity contribution in [3.8, 4) is 5.75 Å². The van der Waals surface area contributed by atoms with Crippen molar-refractivity contribution in [3.63, 3.8) is 0 Å². The molecule has 0 radical (unpaired) electrons. The number of benzene rings is 1. The van der Waals surface area contributed by atoms with E-state index in [0.29, 0.717) is 0 Å². The molecule has 15 heavy (non-hydrogen) atoms. The molecule has 2 N–H and O–H groups in total. The van der Waals surface area contributed by atoms with Crippen LogP contribution >= 0.6 is 0 Å². The molecule has 0 aliphatic carbocycles. The lowest BCUT2D eigenvalue weighted by Gasteiger charge is -2.16. The molecule has 6 heteroatoms. The Morgan fingerprint density at radius 3 is 2.33 bits per heavy atom. The summed E-state index contributed by atoms with van der Waals surface area (Å²) < 4.78 is 54.1. The lowest BCUT2D eigenvalue weighted by molar-refractivity contribution is -0.149. The largest absolute Gasteiger partial charge is 0.494 e. The predicted octanol–water partition coefficient (Wildman–Crippen LogP) is 2.40. The lowest BCUT2D eigenvalue weighted by Crippen LogP contribution is -2.28. The molecule has 0 bridgehead atoms. The maximum atomic E-state index is 13.1. The highest BCUT2D eigenvalue weighted by molar-refractivity contribution is 5.31. The molecule has 0 saturated carbocycles. The molecule has 1 aromatic rings. The van der Waals surface area contributed by atoms with Crippen LogP contribution < -0.4 is 10.5 Å². The van der Waals surface area contributed by atoms with Gasteiger partial charge in [-0.3, -0.25) is 0 Å². The molecule has 1 atom stereocenters. The molecule has 0 spiro atoms. The SMILES string of the molecule is COc1ccc([C@H](N)C(F)(F)F)cc1F. The summed E-state index contributed by atoms with van der Waals surface area (Å²) >= 11 is 0. The van der Waals surface area contributed by atoms with E-state index in [1.54, 1.807) is 0 Å². The van der Waals surface area contributed by atoms with Crippen molar-refractivity contribution in [3.05, 3.63) is 29.6 Å². The molecule has 0 aromatic heterocycles. The first kappa shape index (κ1) is 11.8. The number of nitrogens with two attached hydrogens (primary N) is 1. The fourth-order valence-corrected chi connectivity index (χ4v) is 1.07. The van der Waals surface area contributed by atoms with E-state index in [0.717, 1.165) is 18.2 Å². The monoisotopic (exact) mass is 223 g/mol. The summed E-state index contributed by atoms with van der Waals surface area (Å²) in [7, 11) is 1.22. The van der Waals surface area contributed by atoms with Gasteiger partial charge in [0.1, 0.15) is 6.04 Å². The van der Waals surface area contributed by atoms with Crippen molar-refractivity contribution < 1.29 is 22.3 Å². The van der Waals surface area contributed by atoms with Gasteiger partial charge in [0.05, 0.1) is 7.11 Å². The second-order valence-electron chi connectivity index (χ2n) is 2.91. The van der Waals surface area contributed by atoms with Gasteiger partial charge in [-0.2, -0.15) is 13.2 Å². The van der Waals surface area contributed by atoms with Crippen LogP contribution in [0, 0.1) is 5.82 Å². The number of hydrogen-bond donors (Lipinski definition) is 1. The fourth-order valence-electron chi connectivity index (χ4n) is 1.07. The number of rotatable bonds is 2. The van der Waals surface area contributed by atoms with Gasteiger partial charge in [0.25, 0.3) is 0 Å². The summed E-state index contributed by atoms with van der Waals surface area (Å²) in [6.07, 6.45) is -4.58. The van der Waals surface area contributed by atoms with E-state index in [2.05, 4.69) is 4.74 Å². The number of halogens is 4. The topological polar surface area (TPSA) is 35.2 Å². The number of methoxy groups -OCH3 is 1. The van der Waals surface area contributed by atoms with E-state index in [9.17, 15) is 17.6 Å². The number of ether oxygens (including phenoxy) is 1. The first-order valence-electron chi connectivity index (χ1n) is 4.02. The van der Waals surface area contributed by atoms with Crippen LogP contribution in [0.2, 0.25) is 0 Å². The van der Waals surface area contributed by atoms with Gasteiger partial charge in [0, 0.05) is 0 Å². The molecule has 84 valence electrons. The molecule has 0 unspecified atom stereocenters. The third-order valence-corrected chi connectivity index (χ3v) is 1.89. The molecule has 0 aliphatic rings. The average Bonchev–Trinajstić information content (AvgIpc) is 2.15. The van der Waals surface area contributed by atoms with Gasteiger partial charge < -0.3 is 10.5 Å². The van der Waals surface area contributed by atoms with Crippen LogP contribution in [0.15, 0.2) is 18.2 Å². The van der Waals surface area contributed by atoms with Gasteiger partial charge in [-0.05, 0) is 17.7 Å². The van der Waals surface area contributed by atoms with E-state index in [4.69, 9.17) is 5.73 Å². The van der Waals surface area contributed by atoms with E-state index in [-0.39, 0.29) is 11.3 Å². The molecule has 0 aliphatic heterocycles. The first-order valence-corrected chi connectivity index (χ1v) is 4.02. The number of hydrogen-bond acceptors (Lipinski definition) is 2. The van der Waals surface area contributed by atoms with Crippen molar-refractivity contribution in [2.24, 2.45) is 5.73 Å². The van der Waals surface area contributed by atoms with Crippen molar-refractivity contribution in [1.29, 1.82) is 0 Å². The third-order valence-electron chi connectivity index (χ3n) is 1.89.